The van der Waals surface area contributed by atoms with Gasteiger partial charge in [0.2, 0.25) is 0 Å². The second kappa shape index (κ2) is 5.73. The number of carbonyl (C=O) groups is 1. The summed E-state index contributed by atoms with van der Waals surface area (Å²) in [6.07, 6.45) is 0.102. The molecule has 1 saturated heterocycles. The molecular weight excluding hydrogens is 244 g/mol. The van der Waals surface area contributed by atoms with Gasteiger partial charge in [-0.1, -0.05) is 17.2 Å². The van der Waals surface area contributed by atoms with E-state index in [1.54, 1.807) is 29.2 Å². The molecule has 0 radical (unpaired) electrons. The molecule has 1 fully saturated rings. The molecule has 0 bridgehead atoms. The van der Waals surface area contributed by atoms with Gasteiger partial charge in [-0.05, 0) is 31.5 Å². The maximum absolute atomic E-state index is 12.3. The summed E-state index contributed by atoms with van der Waals surface area (Å²) in [5.74, 6) is -0.0190. The van der Waals surface area contributed by atoms with Crippen molar-refractivity contribution in [2.24, 2.45) is 5.11 Å². The van der Waals surface area contributed by atoms with Gasteiger partial charge in [0.1, 0.15) is 0 Å². The largest absolute Gasteiger partial charge is 0.372 e. The predicted octanol–water partition coefficient (Wildman–Crippen LogP) is 2.88. The molecule has 1 heterocycles. The van der Waals surface area contributed by atoms with Crippen LogP contribution in [0.5, 0.6) is 0 Å². The Bertz CT molecular complexity index is 498. The number of benzene rings is 1. The lowest BCUT2D eigenvalue weighted by atomic mass is 10.1. The van der Waals surface area contributed by atoms with Crippen molar-refractivity contribution in [1.82, 2.24) is 4.90 Å². The molecular formula is C13H16N4O2. The van der Waals surface area contributed by atoms with Crippen molar-refractivity contribution in [3.63, 3.8) is 0 Å². The number of ether oxygens (including phenoxy) is 1. The maximum Gasteiger partial charge on any atom is 0.254 e. The molecule has 0 N–H and O–H groups in total. The standard InChI is InChI=1S/C13H16N4O2/c1-9-7-17(8-10(2)19-9)13(18)11-3-5-12(6-4-11)15-16-14/h3-6,9-10H,7-8H2,1-2H3. The van der Waals surface area contributed by atoms with E-state index in [1.165, 1.54) is 0 Å². The normalized spacial score (nSPS) is 22.7. The van der Waals surface area contributed by atoms with Crippen LogP contribution >= 0.6 is 0 Å². The van der Waals surface area contributed by atoms with Crippen LogP contribution in [0, 0.1) is 0 Å². The Morgan fingerprint density at radius 3 is 2.42 bits per heavy atom. The van der Waals surface area contributed by atoms with Crippen molar-refractivity contribution in [3.05, 3.63) is 40.3 Å². The minimum absolute atomic E-state index is 0.0190. The summed E-state index contributed by atoms with van der Waals surface area (Å²) in [6.45, 7) is 5.11. The van der Waals surface area contributed by atoms with Crippen LogP contribution in [-0.4, -0.2) is 36.1 Å². The molecule has 1 amide bonds. The van der Waals surface area contributed by atoms with Gasteiger partial charge in [0.15, 0.2) is 0 Å². The first-order valence-electron chi connectivity index (χ1n) is 6.20. The summed E-state index contributed by atoms with van der Waals surface area (Å²) in [5.41, 5.74) is 9.43. The zero-order valence-corrected chi connectivity index (χ0v) is 11.0. The SMILES string of the molecule is CC1CN(C(=O)c2ccc(N=[N+]=[N-])cc2)CC(C)O1. The number of amides is 1. The van der Waals surface area contributed by atoms with Crippen molar-refractivity contribution >= 4 is 11.6 Å². The fraction of sp³-hybridized carbons (Fsp3) is 0.462. The van der Waals surface area contributed by atoms with Crippen molar-refractivity contribution in [1.29, 1.82) is 0 Å². The van der Waals surface area contributed by atoms with E-state index in [0.29, 0.717) is 24.3 Å². The summed E-state index contributed by atoms with van der Waals surface area (Å²) in [7, 11) is 0. The van der Waals surface area contributed by atoms with E-state index in [4.69, 9.17) is 10.3 Å². The number of hydrogen-bond donors (Lipinski definition) is 0. The molecule has 1 aliphatic heterocycles. The summed E-state index contributed by atoms with van der Waals surface area (Å²) >= 11 is 0. The Morgan fingerprint density at radius 2 is 1.89 bits per heavy atom. The summed E-state index contributed by atoms with van der Waals surface area (Å²) in [6, 6.07) is 6.63. The fourth-order valence-electron chi connectivity index (χ4n) is 2.25. The van der Waals surface area contributed by atoms with E-state index >= 15 is 0 Å². The zero-order valence-electron chi connectivity index (χ0n) is 11.0. The number of rotatable bonds is 2. The van der Waals surface area contributed by atoms with Gasteiger partial charge in [0.25, 0.3) is 5.91 Å². The van der Waals surface area contributed by atoms with Gasteiger partial charge in [-0.25, -0.2) is 0 Å². The van der Waals surface area contributed by atoms with Gasteiger partial charge < -0.3 is 9.64 Å². The molecule has 0 spiro atoms. The number of nitrogens with zero attached hydrogens (tertiary/aromatic N) is 4. The first kappa shape index (κ1) is 13.4. The van der Waals surface area contributed by atoms with E-state index in [1.807, 2.05) is 13.8 Å². The molecule has 100 valence electrons. The maximum atomic E-state index is 12.3. The molecule has 6 nitrogen and oxygen atoms in total. The second-order valence-electron chi connectivity index (χ2n) is 4.70. The van der Waals surface area contributed by atoms with Crippen molar-refractivity contribution in [2.75, 3.05) is 13.1 Å². The monoisotopic (exact) mass is 260 g/mol. The van der Waals surface area contributed by atoms with Gasteiger partial charge in [0, 0.05) is 29.3 Å². The highest BCUT2D eigenvalue weighted by Crippen LogP contribution is 2.17. The number of hydrogen-bond acceptors (Lipinski definition) is 3. The minimum Gasteiger partial charge on any atom is -0.372 e. The number of azide groups is 1. The lowest BCUT2D eigenvalue weighted by molar-refractivity contribution is -0.0586. The first-order valence-corrected chi connectivity index (χ1v) is 6.20. The molecule has 1 aromatic rings. The minimum atomic E-state index is -0.0190. The average Bonchev–Trinajstić information content (AvgIpc) is 2.38. The highest BCUT2D eigenvalue weighted by atomic mass is 16.5. The molecule has 0 aliphatic carbocycles. The Hall–Kier alpha value is -2.04. The van der Waals surface area contributed by atoms with Crippen molar-refractivity contribution in [2.45, 2.75) is 26.1 Å². The van der Waals surface area contributed by atoms with Crippen LogP contribution in [-0.2, 0) is 4.74 Å². The lowest BCUT2D eigenvalue weighted by Gasteiger charge is -2.35. The molecule has 6 heteroatoms. The van der Waals surface area contributed by atoms with Crippen LogP contribution in [0.4, 0.5) is 5.69 Å². The molecule has 0 saturated carbocycles. The Labute approximate surface area is 111 Å². The number of carbonyl (C=O) groups excluding carboxylic acids is 1. The van der Waals surface area contributed by atoms with Crippen molar-refractivity contribution < 1.29 is 9.53 Å². The van der Waals surface area contributed by atoms with E-state index in [-0.39, 0.29) is 18.1 Å². The van der Waals surface area contributed by atoms with Gasteiger partial charge in [-0.3, -0.25) is 4.79 Å². The second-order valence-corrected chi connectivity index (χ2v) is 4.70. The molecule has 19 heavy (non-hydrogen) atoms. The average molecular weight is 260 g/mol. The van der Waals surface area contributed by atoms with E-state index in [2.05, 4.69) is 10.0 Å². The third kappa shape index (κ3) is 3.24. The third-order valence-corrected chi connectivity index (χ3v) is 2.98. The van der Waals surface area contributed by atoms with E-state index in [0.717, 1.165) is 0 Å². The molecule has 2 atom stereocenters. The van der Waals surface area contributed by atoms with Gasteiger partial charge >= 0.3 is 0 Å². The van der Waals surface area contributed by atoms with Crippen molar-refractivity contribution in [3.8, 4) is 0 Å². The third-order valence-electron chi connectivity index (χ3n) is 2.98. The molecule has 2 rings (SSSR count). The van der Waals surface area contributed by atoms with Crippen LogP contribution in [0.25, 0.3) is 10.4 Å². The van der Waals surface area contributed by atoms with Crippen LogP contribution in [0.3, 0.4) is 0 Å². The summed E-state index contributed by atoms with van der Waals surface area (Å²) < 4.78 is 5.60. The highest BCUT2D eigenvalue weighted by molar-refractivity contribution is 5.94. The first-order chi connectivity index (χ1) is 9.10. The molecule has 1 aliphatic rings. The molecule has 0 aromatic heterocycles. The Morgan fingerprint density at radius 1 is 1.32 bits per heavy atom. The van der Waals surface area contributed by atoms with Crippen LogP contribution < -0.4 is 0 Å². The topological polar surface area (TPSA) is 78.3 Å². The fourth-order valence-corrected chi connectivity index (χ4v) is 2.25. The highest BCUT2D eigenvalue weighted by Gasteiger charge is 2.26. The van der Waals surface area contributed by atoms with E-state index < -0.39 is 0 Å². The van der Waals surface area contributed by atoms with Gasteiger partial charge in [-0.2, -0.15) is 0 Å². The summed E-state index contributed by atoms with van der Waals surface area (Å²) in [4.78, 5) is 16.8. The number of morpholine rings is 1. The zero-order chi connectivity index (χ0) is 13.8. The van der Waals surface area contributed by atoms with Gasteiger partial charge in [-0.15, -0.1) is 0 Å². The molecule has 1 aromatic carbocycles. The summed E-state index contributed by atoms with van der Waals surface area (Å²) in [5, 5.41) is 3.48. The smallest absolute Gasteiger partial charge is 0.254 e. The predicted molar refractivity (Wildman–Crippen MR) is 71.2 cm³/mol. The lowest BCUT2D eigenvalue weighted by Crippen LogP contribution is -2.48. The Balaban J connectivity index is 2.12. The van der Waals surface area contributed by atoms with Crippen LogP contribution in [0.1, 0.15) is 24.2 Å². The van der Waals surface area contributed by atoms with Crippen LogP contribution in [0.15, 0.2) is 29.4 Å². The quantitative estimate of drug-likeness (QED) is 0.465. The van der Waals surface area contributed by atoms with E-state index in [9.17, 15) is 4.79 Å². The molecule has 2 unspecified atom stereocenters. The van der Waals surface area contributed by atoms with Gasteiger partial charge in [0.05, 0.1) is 12.2 Å². The van der Waals surface area contributed by atoms with Crippen LogP contribution in [0.2, 0.25) is 0 Å². The Kier molecular flexibility index (Phi) is 4.04.